The summed E-state index contributed by atoms with van der Waals surface area (Å²) in [5.41, 5.74) is 0.801. The van der Waals surface area contributed by atoms with E-state index in [1.54, 1.807) is 0 Å². The molecule has 1 aromatic rings. The number of benzene rings is 1. The Bertz CT molecular complexity index is 818. The lowest BCUT2D eigenvalue weighted by molar-refractivity contribution is -0.146. The van der Waals surface area contributed by atoms with E-state index in [2.05, 4.69) is 24.3 Å². The van der Waals surface area contributed by atoms with Crippen molar-refractivity contribution in [3.8, 4) is 0 Å². The van der Waals surface area contributed by atoms with Crippen LogP contribution in [0.15, 0.2) is 24.3 Å². The number of esters is 1. The average molecular weight is 473 g/mol. The van der Waals surface area contributed by atoms with Crippen LogP contribution in [0, 0.1) is 11.3 Å². The van der Waals surface area contributed by atoms with Gasteiger partial charge >= 0.3 is 5.97 Å². The Labute approximate surface area is 205 Å². The second-order valence-electron chi connectivity index (χ2n) is 10.8. The molecule has 2 N–H and O–H groups in total. The van der Waals surface area contributed by atoms with Crippen molar-refractivity contribution in [1.82, 2.24) is 10.2 Å². The summed E-state index contributed by atoms with van der Waals surface area (Å²) >= 11 is 0. The van der Waals surface area contributed by atoms with Crippen molar-refractivity contribution in [2.75, 3.05) is 33.8 Å². The van der Waals surface area contributed by atoms with Gasteiger partial charge in [-0.15, -0.1) is 0 Å². The zero-order valence-corrected chi connectivity index (χ0v) is 21.4. The van der Waals surface area contributed by atoms with E-state index in [-0.39, 0.29) is 29.6 Å². The van der Waals surface area contributed by atoms with Crippen LogP contribution in [0.5, 0.6) is 0 Å². The summed E-state index contributed by atoms with van der Waals surface area (Å²) in [4.78, 5) is 27.2. The number of amides is 1. The fraction of sp³-hybridized carbons (Fsp3) is 0.714. The summed E-state index contributed by atoms with van der Waals surface area (Å²) in [5, 5.41) is 14.8. The van der Waals surface area contributed by atoms with E-state index in [0.717, 1.165) is 69.0 Å². The topological polar surface area (TPSA) is 78.9 Å². The Morgan fingerprint density at radius 3 is 2.56 bits per heavy atom. The first kappa shape index (κ1) is 26.7. The molecule has 0 aliphatic heterocycles. The van der Waals surface area contributed by atoms with E-state index < -0.39 is 5.60 Å². The van der Waals surface area contributed by atoms with Gasteiger partial charge in [-0.1, -0.05) is 56.4 Å². The molecule has 0 saturated heterocycles. The number of nitrogens with one attached hydrogen (secondary N) is 1. The molecule has 0 unspecified atom stereocenters. The molecule has 0 heterocycles. The highest BCUT2D eigenvalue weighted by atomic mass is 16.5. The van der Waals surface area contributed by atoms with Gasteiger partial charge in [0.05, 0.1) is 25.0 Å². The Hall–Kier alpha value is -1.92. The second kappa shape index (κ2) is 12.2. The van der Waals surface area contributed by atoms with Crippen molar-refractivity contribution in [2.45, 2.75) is 83.2 Å². The predicted octanol–water partition coefficient (Wildman–Crippen LogP) is 4.19. The number of ether oxygens (including phenoxy) is 1. The van der Waals surface area contributed by atoms with Gasteiger partial charge in [0.25, 0.3) is 0 Å². The quantitative estimate of drug-likeness (QED) is 0.499. The Morgan fingerprint density at radius 2 is 1.85 bits per heavy atom. The van der Waals surface area contributed by atoms with Crippen molar-refractivity contribution >= 4 is 11.9 Å². The Kier molecular flexibility index (Phi) is 9.55. The van der Waals surface area contributed by atoms with Crippen molar-refractivity contribution in [2.24, 2.45) is 11.3 Å². The normalized spacial score (nSPS) is 24.6. The Morgan fingerprint density at radius 1 is 1.12 bits per heavy atom. The van der Waals surface area contributed by atoms with Crippen molar-refractivity contribution < 1.29 is 19.4 Å². The number of nitrogens with zero attached hydrogens (tertiary/aromatic N) is 1. The highest BCUT2D eigenvalue weighted by Crippen LogP contribution is 2.42. The minimum absolute atomic E-state index is 0.0357. The molecule has 34 heavy (non-hydrogen) atoms. The molecule has 1 amide bonds. The zero-order chi connectivity index (χ0) is 24.6. The van der Waals surface area contributed by atoms with Crippen LogP contribution in [-0.2, 0) is 26.3 Å². The molecule has 190 valence electrons. The van der Waals surface area contributed by atoms with E-state index in [1.165, 1.54) is 6.42 Å². The lowest BCUT2D eigenvalue weighted by Crippen LogP contribution is -2.43. The van der Waals surface area contributed by atoms with E-state index in [1.807, 2.05) is 31.2 Å². The molecule has 0 radical (unpaired) electrons. The van der Waals surface area contributed by atoms with Gasteiger partial charge < -0.3 is 20.1 Å². The number of hydrogen-bond acceptors (Lipinski definition) is 5. The summed E-state index contributed by atoms with van der Waals surface area (Å²) in [7, 11) is 4.10. The van der Waals surface area contributed by atoms with Crippen LogP contribution in [-0.4, -0.2) is 55.7 Å². The number of aliphatic hydroxyl groups is 1. The number of hydrogen-bond donors (Lipinski definition) is 2. The molecular formula is C28H44N2O4. The van der Waals surface area contributed by atoms with Crippen molar-refractivity contribution in [3.05, 3.63) is 35.4 Å². The van der Waals surface area contributed by atoms with E-state index in [4.69, 9.17) is 4.74 Å². The van der Waals surface area contributed by atoms with Crippen LogP contribution < -0.4 is 5.32 Å². The van der Waals surface area contributed by atoms with Gasteiger partial charge in [0, 0.05) is 19.0 Å². The monoisotopic (exact) mass is 472 g/mol. The van der Waals surface area contributed by atoms with Crippen LogP contribution in [0.4, 0.5) is 0 Å². The second-order valence-corrected chi connectivity index (χ2v) is 10.8. The molecular weight excluding hydrogens is 428 g/mol. The fourth-order valence-corrected chi connectivity index (χ4v) is 6.01. The molecule has 2 saturated carbocycles. The first-order valence-electron chi connectivity index (χ1n) is 13.2. The maximum absolute atomic E-state index is 12.9. The summed E-state index contributed by atoms with van der Waals surface area (Å²) in [5.74, 6) is -0.0138. The highest BCUT2D eigenvalue weighted by Gasteiger charge is 2.40. The van der Waals surface area contributed by atoms with Gasteiger partial charge in [-0.2, -0.15) is 0 Å². The Balaban J connectivity index is 1.64. The summed E-state index contributed by atoms with van der Waals surface area (Å²) < 4.78 is 5.21. The van der Waals surface area contributed by atoms with Gasteiger partial charge in [0.15, 0.2) is 0 Å². The lowest BCUT2D eigenvalue weighted by atomic mass is 9.71. The zero-order valence-electron chi connectivity index (χ0n) is 21.4. The third kappa shape index (κ3) is 7.05. The van der Waals surface area contributed by atoms with Crippen LogP contribution in [0.2, 0.25) is 0 Å². The molecule has 2 fully saturated rings. The molecule has 0 bridgehead atoms. The predicted molar refractivity (Wildman–Crippen MR) is 134 cm³/mol. The van der Waals surface area contributed by atoms with Crippen LogP contribution in [0.25, 0.3) is 0 Å². The standard InChI is InChI=1S/C28H44N2O4/c1-4-34-26(32)19-27(14-7-5-8-15-27)21-29-25(31)18-22-11-10-13-23(17-22)28(33)16-9-6-12-24(28)20-30(2)3/h10-11,13,17,24,33H,4-9,12,14-16,18-21H2,1-3H3,(H,29,31)/t24-,28+/m1/s1. The van der Waals surface area contributed by atoms with Gasteiger partial charge in [0.1, 0.15) is 0 Å². The third-order valence-corrected chi connectivity index (χ3v) is 7.81. The van der Waals surface area contributed by atoms with Crippen molar-refractivity contribution in [3.63, 3.8) is 0 Å². The summed E-state index contributed by atoms with van der Waals surface area (Å²) in [6.07, 6.45) is 9.85. The third-order valence-electron chi connectivity index (χ3n) is 7.81. The highest BCUT2D eigenvalue weighted by molar-refractivity contribution is 5.79. The van der Waals surface area contributed by atoms with Crippen LogP contribution in [0.3, 0.4) is 0 Å². The van der Waals surface area contributed by atoms with Crippen LogP contribution >= 0.6 is 0 Å². The van der Waals surface area contributed by atoms with Crippen molar-refractivity contribution in [1.29, 1.82) is 0 Å². The summed E-state index contributed by atoms with van der Waals surface area (Å²) in [6, 6.07) is 7.94. The maximum atomic E-state index is 12.9. The fourth-order valence-electron chi connectivity index (χ4n) is 6.01. The minimum Gasteiger partial charge on any atom is -0.466 e. The molecule has 3 rings (SSSR count). The largest absolute Gasteiger partial charge is 0.466 e. The molecule has 0 aromatic heterocycles. The van der Waals surface area contributed by atoms with Gasteiger partial charge in [-0.3, -0.25) is 9.59 Å². The van der Waals surface area contributed by atoms with E-state index in [0.29, 0.717) is 19.6 Å². The summed E-state index contributed by atoms with van der Waals surface area (Å²) in [6.45, 7) is 3.58. The van der Waals surface area contributed by atoms with Gasteiger partial charge in [0.2, 0.25) is 5.91 Å². The molecule has 2 aliphatic rings. The number of carbonyl (C=O) groups is 2. The number of carbonyl (C=O) groups excluding carboxylic acids is 2. The van der Waals surface area contributed by atoms with E-state index in [9.17, 15) is 14.7 Å². The first-order chi connectivity index (χ1) is 16.3. The molecule has 2 aliphatic carbocycles. The van der Waals surface area contributed by atoms with Gasteiger partial charge in [-0.25, -0.2) is 0 Å². The first-order valence-corrected chi connectivity index (χ1v) is 13.2. The average Bonchev–Trinajstić information content (AvgIpc) is 2.80. The molecule has 6 heteroatoms. The van der Waals surface area contributed by atoms with E-state index >= 15 is 0 Å². The lowest BCUT2D eigenvalue weighted by Gasteiger charge is -2.42. The van der Waals surface area contributed by atoms with Gasteiger partial charge in [-0.05, 0) is 63.2 Å². The SMILES string of the molecule is CCOC(=O)CC1(CNC(=O)Cc2cccc([C@@]3(O)CCCC[C@@H]3CN(C)C)c2)CCCCC1. The smallest absolute Gasteiger partial charge is 0.306 e. The molecule has 0 spiro atoms. The number of rotatable bonds is 10. The van der Waals surface area contributed by atoms with Crippen LogP contribution in [0.1, 0.15) is 82.3 Å². The molecule has 6 nitrogen and oxygen atoms in total. The minimum atomic E-state index is -0.846. The molecule has 2 atom stereocenters. The molecule has 1 aromatic carbocycles. The maximum Gasteiger partial charge on any atom is 0.306 e.